The van der Waals surface area contributed by atoms with Crippen molar-refractivity contribution in [3.63, 3.8) is 0 Å². The molecule has 0 aliphatic rings. The number of rotatable bonds is 8. The van der Waals surface area contributed by atoms with Crippen LogP contribution in [0.3, 0.4) is 0 Å². The molecule has 0 radical (unpaired) electrons. The van der Waals surface area contributed by atoms with Crippen molar-refractivity contribution in [3.05, 3.63) is 35.4 Å². The minimum Gasteiger partial charge on any atom is -0.389 e. The minimum absolute atomic E-state index is 0.111. The molecule has 5 nitrogen and oxygen atoms in total. The SMILES string of the molecule is CCOCC(C)NS(=O)(=O)Cc1cccc(C(N)=S)c1. The predicted octanol–water partition coefficient (Wildman–Crippen LogP) is 1.17. The number of sulfonamides is 1. The number of thiocarbonyl (C=S) groups is 1. The van der Waals surface area contributed by atoms with Crippen LogP contribution in [0.4, 0.5) is 0 Å². The fourth-order valence-corrected chi connectivity index (χ4v) is 3.22. The van der Waals surface area contributed by atoms with Gasteiger partial charge in [-0.1, -0.05) is 30.4 Å². The van der Waals surface area contributed by atoms with Crippen LogP contribution in [0.25, 0.3) is 0 Å². The average molecular weight is 316 g/mol. The summed E-state index contributed by atoms with van der Waals surface area (Å²) < 4.78 is 31.8. The van der Waals surface area contributed by atoms with Gasteiger partial charge in [-0.2, -0.15) is 0 Å². The quantitative estimate of drug-likeness (QED) is 0.704. The van der Waals surface area contributed by atoms with Gasteiger partial charge in [0.2, 0.25) is 10.0 Å². The molecular weight excluding hydrogens is 296 g/mol. The Morgan fingerprint density at radius 2 is 2.20 bits per heavy atom. The van der Waals surface area contributed by atoms with Gasteiger partial charge in [0.1, 0.15) is 4.99 Å². The molecule has 7 heteroatoms. The molecule has 20 heavy (non-hydrogen) atoms. The van der Waals surface area contributed by atoms with Crippen LogP contribution in [0.1, 0.15) is 25.0 Å². The van der Waals surface area contributed by atoms with Crippen LogP contribution in [0.2, 0.25) is 0 Å². The van der Waals surface area contributed by atoms with Crippen molar-refractivity contribution < 1.29 is 13.2 Å². The second-order valence-corrected chi connectivity index (χ2v) is 6.70. The first kappa shape index (κ1) is 17.0. The predicted molar refractivity (Wildman–Crippen MR) is 84.0 cm³/mol. The Bertz CT molecular complexity index is 558. The molecule has 0 aliphatic carbocycles. The number of nitrogens with one attached hydrogen (secondary N) is 1. The normalized spacial score (nSPS) is 13.1. The molecule has 0 saturated heterocycles. The maximum atomic E-state index is 12.0. The van der Waals surface area contributed by atoms with Crippen molar-refractivity contribution in [1.82, 2.24) is 4.72 Å². The van der Waals surface area contributed by atoms with E-state index in [9.17, 15) is 8.42 Å². The largest absolute Gasteiger partial charge is 0.389 e. The Morgan fingerprint density at radius 1 is 1.50 bits per heavy atom. The van der Waals surface area contributed by atoms with Crippen molar-refractivity contribution in [2.75, 3.05) is 13.2 Å². The molecule has 1 aromatic rings. The number of benzene rings is 1. The fraction of sp³-hybridized carbons (Fsp3) is 0.462. The van der Waals surface area contributed by atoms with Crippen molar-refractivity contribution >= 4 is 27.2 Å². The molecule has 1 unspecified atom stereocenters. The first-order valence-corrected chi connectivity index (χ1v) is 8.36. The average Bonchev–Trinajstić information content (AvgIpc) is 2.35. The third-order valence-electron chi connectivity index (χ3n) is 2.52. The molecule has 1 aromatic carbocycles. The summed E-state index contributed by atoms with van der Waals surface area (Å²) in [6, 6.07) is 6.65. The van der Waals surface area contributed by atoms with Crippen LogP contribution >= 0.6 is 12.2 Å². The monoisotopic (exact) mass is 316 g/mol. The molecule has 1 atom stereocenters. The zero-order valence-electron chi connectivity index (χ0n) is 11.6. The Morgan fingerprint density at radius 3 is 2.80 bits per heavy atom. The van der Waals surface area contributed by atoms with Crippen molar-refractivity contribution in [2.45, 2.75) is 25.6 Å². The molecule has 0 bridgehead atoms. The Kier molecular flexibility index (Phi) is 6.54. The highest BCUT2D eigenvalue weighted by Gasteiger charge is 2.15. The van der Waals surface area contributed by atoms with Gasteiger partial charge < -0.3 is 10.5 Å². The number of hydrogen-bond donors (Lipinski definition) is 2. The molecular formula is C13H20N2O3S2. The zero-order valence-corrected chi connectivity index (χ0v) is 13.3. The Balaban J connectivity index is 2.71. The van der Waals surface area contributed by atoms with Gasteiger partial charge in [-0.05, 0) is 25.5 Å². The second kappa shape index (κ2) is 7.68. The summed E-state index contributed by atoms with van der Waals surface area (Å²) in [6.45, 7) is 4.53. The third-order valence-corrected chi connectivity index (χ3v) is 4.23. The minimum atomic E-state index is -3.42. The van der Waals surface area contributed by atoms with Crippen LogP contribution in [-0.4, -0.2) is 32.7 Å². The molecule has 0 heterocycles. The van der Waals surface area contributed by atoms with E-state index in [-0.39, 0.29) is 16.8 Å². The number of hydrogen-bond acceptors (Lipinski definition) is 4. The van der Waals surface area contributed by atoms with Crippen LogP contribution in [0.5, 0.6) is 0 Å². The third kappa shape index (κ3) is 5.96. The van der Waals surface area contributed by atoms with E-state index in [2.05, 4.69) is 4.72 Å². The fourth-order valence-electron chi connectivity index (χ4n) is 1.71. The number of nitrogens with two attached hydrogens (primary N) is 1. The summed E-state index contributed by atoms with van der Waals surface area (Å²) in [5.41, 5.74) is 6.84. The standard InChI is InChI=1S/C13H20N2O3S2/c1-3-18-8-10(2)15-20(16,17)9-11-5-4-6-12(7-11)13(14)19/h4-7,10,15H,3,8-9H2,1-2H3,(H2,14,19). The maximum Gasteiger partial charge on any atom is 0.216 e. The smallest absolute Gasteiger partial charge is 0.216 e. The Hall–Kier alpha value is -1.02. The summed E-state index contributed by atoms with van der Waals surface area (Å²) >= 11 is 4.88. The van der Waals surface area contributed by atoms with Gasteiger partial charge in [0.05, 0.1) is 12.4 Å². The lowest BCUT2D eigenvalue weighted by Gasteiger charge is -2.14. The van der Waals surface area contributed by atoms with Gasteiger partial charge in [-0.25, -0.2) is 13.1 Å². The van der Waals surface area contributed by atoms with E-state index in [1.54, 1.807) is 31.2 Å². The lowest BCUT2D eigenvalue weighted by Crippen LogP contribution is -2.36. The second-order valence-electron chi connectivity index (χ2n) is 4.50. The summed E-state index contributed by atoms with van der Waals surface area (Å²) in [5, 5.41) is 0. The summed E-state index contributed by atoms with van der Waals surface area (Å²) in [7, 11) is -3.42. The summed E-state index contributed by atoms with van der Waals surface area (Å²) in [5.74, 6) is -0.111. The lowest BCUT2D eigenvalue weighted by atomic mass is 10.1. The highest BCUT2D eigenvalue weighted by atomic mass is 32.2. The summed E-state index contributed by atoms with van der Waals surface area (Å²) in [6.07, 6.45) is 0. The summed E-state index contributed by atoms with van der Waals surface area (Å²) in [4.78, 5) is 0.252. The topological polar surface area (TPSA) is 81.4 Å². The molecule has 0 aliphatic heterocycles. The maximum absolute atomic E-state index is 12.0. The van der Waals surface area contributed by atoms with E-state index in [4.69, 9.17) is 22.7 Å². The van der Waals surface area contributed by atoms with E-state index in [0.29, 0.717) is 24.3 Å². The van der Waals surface area contributed by atoms with Crippen molar-refractivity contribution in [2.24, 2.45) is 5.73 Å². The van der Waals surface area contributed by atoms with E-state index in [1.807, 2.05) is 6.92 Å². The van der Waals surface area contributed by atoms with Crippen LogP contribution in [0, 0.1) is 0 Å². The van der Waals surface area contributed by atoms with Crippen LogP contribution < -0.4 is 10.5 Å². The molecule has 112 valence electrons. The molecule has 0 fully saturated rings. The van der Waals surface area contributed by atoms with Crippen molar-refractivity contribution in [3.8, 4) is 0 Å². The highest BCUT2D eigenvalue weighted by Crippen LogP contribution is 2.09. The number of ether oxygens (including phenoxy) is 1. The van der Waals surface area contributed by atoms with Gasteiger partial charge in [-0.15, -0.1) is 0 Å². The van der Waals surface area contributed by atoms with Gasteiger partial charge in [0.15, 0.2) is 0 Å². The van der Waals surface area contributed by atoms with Gasteiger partial charge in [0, 0.05) is 18.2 Å². The lowest BCUT2D eigenvalue weighted by molar-refractivity contribution is 0.133. The van der Waals surface area contributed by atoms with E-state index in [1.165, 1.54) is 0 Å². The van der Waals surface area contributed by atoms with Gasteiger partial charge in [-0.3, -0.25) is 0 Å². The van der Waals surface area contributed by atoms with Crippen molar-refractivity contribution in [1.29, 1.82) is 0 Å². The van der Waals surface area contributed by atoms with E-state index >= 15 is 0 Å². The first-order valence-electron chi connectivity index (χ1n) is 6.30. The highest BCUT2D eigenvalue weighted by molar-refractivity contribution is 7.88. The van der Waals surface area contributed by atoms with Gasteiger partial charge >= 0.3 is 0 Å². The molecule has 0 spiro atoms. The van der Waals surface area contributed by atoms with E-state index in [0.717, 1.165) is 0 Å². The molecule has 0 aromatic heterocycles. The Labute approximate surface area is 125 Å². The zero-order chi connectivity index (χ0) is 15.2. The van der Waals surface area contributed by atoms with E-state index < -0.39 is 10.0 Å². The molecule has 1 rings (SSSR count). The molecule has 0 saturated carbocycles. The first-order chi connectivity index (χ1) is 9.34. The van der Waals surface area contributed by atoms with Crippen LogP contribution in [-0.2, 0) is 20.5 Å². The van der Waals surface area contributed by atoms with Crippen LogP contribution in [0.15, 0.2) is 24.3 Å². The molecule has 3 N–H and O–H groups in total. The molecule has 0 amide bonds. The van der Waals surface area contributed by atoms with Gasteiger partial charge in [0.25, 0.3) is 0 Å².